The molecule has 0 saturated heterocycles. The maximum Gasteiger partial charge on any atom is 0.573 e. The van der Waals surface area contributed by atoms with Crippen LogP contribution in [-0.4, -0.2) is 44.2 Å². The highest BCUT2D eigenvalue weighted by Crippen LogP contribution is 2.24. The number of anilines is 2. The lowest BCUT2D eigenvalue weighted by molar-refractivity contribution is -0.274. The van der Waals surface area contributed by atoms with Crippen LogP contribution in [0.2, 0.25) is 0 Å². The first kappa shape index (κ1) is 27.3. The number of amides is 3. The number of allylic oxidation sites excluding steroid dienone is 1. The predicted molar refractivity (Wildman–Crippen MR) is 135 cm³/mol. The number of rotatable bonds is 10. The van der Waals surface area contributed by atoms with Crippen molar-refractivity contribution in [1.29, 1.82) is 0 Å². The molecular weight excluding hydrogens is 618 g/mol. The van der Waals surface area contributed by atoms with Gasteiger partial charge in [0.05, 0.1) is 3.04 Å². The molecule has 3 amide bonds. The van der Waals surface area contributed by atoms with Gasteiger partial charge in [0, 0.05) is 43.9 Å². The molecule has 36 heavy (non-hydrogen) atoms. The van der Waals surface area contributed by atoms with Crippen molar-refractivity contribution < 1.29 is 27.5 Å². The number of urea groups is 1. The summed E-state index contributed by atoms with van der Waals surface area (Å²) in [6.45, 7) is 1.24. The van der Waals surface area contributed by atoms with Crippen molar-refractivity contribution >= 4 is 57.6 Å². The number of imidazole rings is 1. The van der Waals surface area contributed by atoms with Crippen LogP contribution in [0.1, 0.15) is 17.0 Å². The second-order valence-corrected chi connectivity index (χ2v) is 9.33. The number of alkyl halides is 3. The summed E-state index contributed by atoms with van der Waals surface area (Å²) in [7, 11) is 0. The fourth-order valence-electron chi connectivity index (χ4n) is 2.94. The van der Waals surface area contributed by atoms with E-state index < -0.39 is 24.1 Å². The third-order valence-electron chi connectivity index (χ3n) is 4.42. The maximum atomic E-state index is 12.7. The van der Waals surface area contributed by atoms with Crippen molar-refractivity contribution in [3.63, 3.8) is 0 Å². The van der Waals surface area contributed by atoms with Crippen LogP contribution in [0.15, 0.2) is 58.0 Å². The molecule has 2 heterocycles. The number of aromatic nitrogens is 4. The SMILES string of the molecule is O=C(Nc1ccc(OC(F)(F)F)cc1)Nc1cn(C/C=C(/Cl)I)c(C(=O)NCCCn2cccn2)n1. The number of ether oxygens (including phenoxy) is 1. The molecule has 0 aliphatic heterocycles. The molecule has 0 saturated carbocycles. The van der Waals surface area contributed by atoms with E-state index >= 15 is 0 Å². The number of hydrogen-bond acceptors (Lipinski definition) is 5. The lowest BCUT2D eigenvalue weighted by atomic mass is 10.3. The average Bonchev–Trinajstić information content (AvgIpc) is 3.45. The molecule has 0 bridgehead atoms. The predicted octanol–water partition coefficient (Wildman–Crippen LogP) is 4.96. The average molecular weight is 638 g/mol. The van der Waals surface area contributed by atoms with Crippen LogP contribution in [0.4, 0.5) is 29.5 Å². The minimum Gasteiger partial charge on any atom is -0.406 e. The first-order valence-corrected chi connectivity index (χ1v) is 11.8. The Kier molecular flexibility index (Phi) is 9.58. The molecule has 1 aromatic carbocycles. The Labute approximate surface area is 222 Å². The van der Waals surface area contributed by atoms with Crippen molar-refractivity contribution in [2.24, 2.45) is 0 Å². The van der Waals surface area contributed by atoms with E-state index in [0.29, 0.717) is 22.5 Å². The number of nitrogens with zero attached hydrogens (tertiary/aromatic N) is 4. The van der Waals surface area contributed by atoms with Crippen molar-refractivity contribution in [2.75, 3.05) is 17.2 Å². The zero-order chi connectivity index (χ0) is 26.1. The molecular formula is C21H20ClF3IN7O3. The first-order valence-electron chi connectivity index (χ1n) is 10.4. The van der Waals surface area contributed by atoms with Gasteiger partial charge in [-0.15, -0.1) is 13.2 Å². The normalized spacial score (nSPS) is 11.8. The van der Waals surface area contributed by atoms with Gasteiger partial charge in [-0.3, -0.25) is 14.8 Å². The smallest absolute Gasteiger partial charge is 0.406 e. The van der Waals surface area contributed by atoms with Crippen molar-refractivity contribution in [1.82, 2.24) is 24.6 Å². The molecule has 0 radical (unpaired) electrons. The molecule has 0 fully saturated rings. The summed E-state index contributed by atoms with van der Waals surface area (Å²) in [5.74, 6) is -0.718. The van der Waals surface area contributed by atoms with Gasteiger partial charge >= 0.3 is 12.4 Å². The fourth-order valence-corrected chi connectivity index (χ4v) is 3.20. The van der Waals surface area contributed by atoms with E-state index in [-0.39, 0.29) is 23.9 Å². The monoisotopic (exact) mass is 637 g/mol. The Balaban J connectivity index is 1.60. The Hall–Kier alpha value is -3.27. The fraction of sp³-hybridized carbons (Fsp3) is 0.238. The topological polar surface area (TPSA) is 115 Å². The third kappa shape index (κ3) is 9.07. The number of aryl methyl sites for hydroxylation is 1. The molecule has 192 valence electrons. The minimum absolute atomic E-state index is 0.0589. The first-order chi connectivity index (χ1) is 17.1. The van der Waals surface area contributed by atoms with E-state index in [2.05, 4.69) is 30.8 Å². The second kappa shape index (κ2) is 12.6. The molecule has 3 N–H and O–H groups in total. The van der Waals surface area contributed by atoms with Gasteiger partial charge in [0.25, 0.3) is 5.91 Å². The van der Waals surface area contributed by atoms with Crippen LogP contribution in [0.5, 0.6) is 5.75 Å². The number of nitrogens with one attached hydrogen (secondary N) is 3. The van der Waals surface area contributed by atoms with Gasteiger partial charge in [0.2, 0.25) is 5.82 Å². The van der Waals surface area contributed by atoms with Crippen LogP contribution in [-0.2, 0) is 13.1 Å². The van der Waals surface area contributed by atoms with Gasteiger partial charge in [0.1, 0.15) is 5.75 Å². The Bertz CT molecular complexity index is 1190. The highest BCUT2D eigenvalue weighted by molar-refractivity contribution is 14.1. The number of carbonyl (C=O) groups excluding carboxylic acids is 2. The van der Waals surface area contributed by atoms with Gasteiger partial charge in [-0.25, -0.2) is 9.78 Å². The molecule has 0 aliphatic rings. The van der Waals surface area contributed by atoms with E-state index in [0.717, 1.165) is 12.1 Å². The lowest BCUT2D eigenvalue weighted by Gasteiger charge is -2.10. The van der Waals surface area contributed by atoms with E-state index in [4.69, 9.17) is 11.6 Å². The van der Waals surface area contributed by atoms with Crippen LogP contribution in [0.3, 0.4) is 0 Å². The van der Waals surface area contributed by atoms with E-state index in [9.17, 15) is 22.8 Å². The number of benzene rings is 1. The summed E-state index contributed by atoms with van der Waals surface area (Å²) in [4.78, 5) is 29.2. The molecule has 15 heteroatoms. The van der Waals surface area contributed by atoms with Crippen LogP contribution in [0, 0.1) is 0 Å². The highest BCUT2D eigenvalue weighted by Gasteiger charge is 2.31. The summed E-state index contributed by atoms with van der Waals surface area (Å²) in [6, 6.07) is 5.71. The number of carbonyl (C=O) groups is 2. The Morgan fingerprint density at radius 3 is 2.58 bits per heavy atom. The molecule has 0 atom stereocenters. The molecule has 3 rings (SSSR count). The standard InChI is InChI=1S/C21H20ClF3IN7O3/c22-16(26)7-12-32-13-17(30-18(32)19(34)27-8-1-10-33-11-2-9-28-33)31-20(35)29-14-3-5-15(6-4-14)36-21(23,24)25/h2-7,9,11,13H,1,8,10,12H2,(H,27,34)(H2,29,31,35)/b16-7-. The molecule has 2 aromatic heterocycles. The summed E-state index contributed by atoms with van der Waals surface area (Å²) < 4.78 is 44.4. The van der Waals surface area contributed by atoms with Crippen molar-refractivity contribution in [3.05, 3.63) is 63.9 Å². The van der Waals surface area contributed by atoms with Gasteiger partial charge in [-0.2, -0.15) is 5.10 Å². The largest absolute Gasteiger partial charge is 0.573 e. The molecule has 3 aromatic rings. The molecule has 0 unspecified atom stereocenters. The lowest BCUT2D eigenvalue weighted by Crippen LogP contribution is -2.28. The van der Waals surface area contributed by atoms with Gasteiger partial charge in [-0.05, 0) is 65.4 Å². The van der Waals surface area contributed by atoms with Crippen molar-refractivity contribution in [3.8, 4) is 5.75 Å². The van der Waals surface area contributed by atoms with Gasteiger partial charge in [-0.1, -0.05) is 11.6 Å². The van der Waals surface area contributed by atoms with Gasteiger partial charge in [0.15, 0.2) is 5.82 Å². The van der Waals surface area contributed by atoms with E-state index in [1.807, 2.05) is 34.9 Å². The molecule has 0 spiro atoms. The quantitative estimate of drug-likeness (QED) is 0.215. The Morgan fingerprint density at radius 1 is 1.19 bits per heavy atom. The summed E-state index contributed by atoms with van der Waals surface area (Å²) in [5, 5.41) is 11.8. The zero-order valence-corrected chi connectivity index (χ0v) is 21.3. The third-order valence-corrected chi connectivity index (χ3v) is 5.01. The van der Waals surface area contributed by atoms with E-state index in [1.165, 1.54) is 22.9 Å². The summed E-state index contributed by atoms with van der Waals surface area (Å²) in [5.41, 5.74) is 0.219. The second-order valence-electron chi connectivity index (χ2n) is 7.13. The van der Waals surface area contributed by atoms with Crippen LogP contribution < -0.4 is 20.7 Å². The summed E-state index contributed by atoms with van der Waals surface area (Å²) in [6.07, 6.45) is 2.45. The van der Waals surface area contributed by atoms with Crippen LogP contribution >= 0.6 is 34.2 Å². The minimum atomic E-state index is -4.81. The highest BCUT2D eigenvalue weighted by atomic mass is 127. The van der Waals surface area contributed by atoms with Crippen LogP contribution in [0.25, 0.3) is 0 Å². The molecule has 10 nitrogen and oxygen atoms in total. The zero-order valence-electron chi connectivity index (χ0n) is 18.4. The van der Waals surface area contributed by atoms with E-state index in [1.54, 1.807) is 17.0 Å². The van der Waals surface area contributed by atoms with Gasteiger partial charge < -0.3 is 19.9 Å². The molecule has 0 aliphatic carbocycles. The maximum absolute atomic E-state index is 12.7. The number of halogens is 5. The Morgan fingerprint density at radius 2 is 1.94 bits per heavy atom. The summed E-state index contributed by atoms with van der Waals surface area (Å²) >= 11 is 7.81. The van der Waals surface area contributed by atoms with Crippen molar-refractivity contribution in [2.45, 2.75) is 25.9 Å². The number of hydrogen-bond donors (Lipinski definition) is 3.